The number of furan rings is 1. The first-order valence-electron chi connectivity index (χ1n) is 19.9. The summed E-state index contributed by atoms with van der Waals surface area (Å²) in [5.41, 5.74) is 8.27. The maximum absolute atomic E-state index is 7.83. The molecule has 0 aliphatic carbocycles. The third kappa shape index (κ3) is 7.70. The number of hydrogen-bond acceptors (Lipinski definition) is 3. The van der Waals surface area contributed by atoms with E-state index in [0.717, 1.165) is 55.6 Å². The summed E-state index contributed by atoms with van der Waals surface area (Å²) in [5.74, 6) is 0. The summed E-state index contributed by atoms with van der Waals surface area (Å²) in [6.45, 7) is 11.3. The quantitative estimate of drug-likeness (QED) is 0.100. The van der Waals surface area contributed by atoms with Crippen LogP contribution < -0.4 is 5.19 Å². The maximum atomic E-state index is 7.83. The Morgan fingerprint density at radius 3 is 2.22 bits per heavy atom. The smallest absolute Gasteiger partial charge is 0.121 e. The number of fused-ring (bicyclic) bond motifs is 6. The van der Waals surface area contributed by atoms with Gasteiger partial charge < -0.3 is 14.4 Å². The van der Waals surface area contributed by atoms with E-state index >= 15 is 0 Å². The number of benzene rings is 6. The van der Waals surface area contributed by atoms with Crippen molar-refractivity contribution in [3.05, 3.63) is 163 Å². The minimum absolute atomic E-state index is 0. The van der Waals surface area contributed by atoms with Crippen LogP contribution in [0.4, 0.5) is 0 Å². The van der Waals surface area contributed by atoms with Crippen molar-refractivity contribution in [2.24, 2.45) is 0 Å². The van der Waals surface area contributed by atoms with E-state index in [9.17, 15) is 0 Å². The monoisotopic (exact) mass is 912 g/mol. The Balaban J connectivity index is 0.000000177. The second-order valence-corrected chi connectivity index (χ2v) is 21.0. The predicted octanol–water partition coefficient (Wildman–Crippen LogP) is 13.1. The number of nitrogens with zero attached hydrogens (tertiary/aromatic N) is 2. The van der Waals surface area contributed by atoms with Crippen LogP contribution in [-0.4, -0.2) is 18.0 Å². The van der Waals surface area contributed by atoms with Crippen LogP contribution in [0, 0.1) is 19.0 Å². The van der Waals surface area contributed by atoms with E-state index in [-0.39, 0.29) is 25.5 Å². The van der Waals surface area contributed by atoms with Gasteiger partial charge in [-0.05, 0) is 67.7 Å². The summed E-state index contributed by atoms with van der Waals surface area (Å²) in [6, 6.07) is 49.3. The summed E-state index contributed by atoms with van der Waals surface area (Å²) in [5, 5.41) is 8.56. The van der Waals surface area contributed by atoms with E-state index < -0.39 is 14.9 Å². The van der Waals surface area contributed by atoms with Gasteiger partial charge in [0, 0.05) is 42.0 Å². The van der Waals surface area contributed by atoms with Gasteiger partial charge in [0.15, 0.2) is 0 Å². The Kier molecular flexibility index (Phi) is 9.45. The van der Waals surface area contributed by atoms with Crippen LogP contribution in [-0.2, 0) is 25.5 Å². The van der Waals surface area contributed by atoms with E-state index in [1.165, 1.54) is 26.7 Å². The topological polar surface area (TPSA) is 38.9 Å². The Labute approximate surface area is 343 Å². The zero-order chi connectivity index (χ0) is 40.1. The normalized spacial score (nSPS) is 12.8. The first-order valence-corrected chi connectivity index (χ1v) is 21.9. The van der Waals surface area contributed by atoms with Crippen LogP contribution >= 0.6 is 0 Å². The number of pyridine rings is 2. The Hall–Kier alpha value is -5.19. The van der Waals surface area contributed by atoms with Crippen molar-refractivity contribution in [1.82, 2.24) is 9.97 Å². The number of aryl methyl sites for hydroxylation is 1. The van der Waals surface area contributed by atoms with E-state index in [1.54, 1.807) is 6.07 Å². The largest absolute Gasteiger partial charge is 0.501 e. The van der Waals surface area contributed by atoms with Gasteiger partial charge in [-0.25, -0.2) is 0 Å². The summed E-state index contributed by atoms with van der Waals surface area (Å²) >= 11 is 0. The first kappa shape index (κ1) is 34.3. The van der Waals surface area contributed by atoms with Crippen molar-refractivity contribution in [3.8, 4) is 33.6 Å². The summed E-state index contributed by atoms with van der Waals surface area (Å²) in [7, 11) is -1.44. The summed E-state index contributed by atoms with van der Waals surface area (Å²) < 4.78 is 30.0. The van der Waals surface area contributed by atoms with Crippen LogP contribution in [0.25, 0.3) is 77.1 Å². The van der Waals surface area contributed by atoms with E-state index in [2.05, 4.69) is 135 Å². The van der Waals surface area contributed by atoms with Crippen LogP contribution in [0.3, 0.4) is 0 Å². The molecular weight excluding hydrogens is 865 g/mol. The molecule has 0 spiro atoms. The van der Waals surface area contributed by atoms with Gasteiger partial charge in [0.25, 0.3) is 0 Å². The van der Waals surface area contributed by atoms with Gasteiger partial charge in [0.1, 0.15) is 5.58 Å². The molecule has 0 aliphatic rings. The molecule has 1 radical (unpaired) electrons. The Bertz CT molecular complexity index is 2910. The van der Waals surface area contributed by atoms with Crippen molar-refractivity contribution in [3.63, 3.8) is 0 Å². The first-order chi connectivity index (χ1) is 27.1. The standard InChI is InChI=1S/C28H22NOSi.C22H22N.Ir/c1-31(2,3)20-13-14-29-26(16-20)23-10-6-9-22-25-15-19-12-11-18-7-4-5-8-21(18)24(19)17-27(25)30-28(22)23;1-16-10-11-18(14-20(16)17-8-6-5-7-9-17)21-13-12-19(15-23-21)22(2,3)4;/h4-9,11-17H,1-3H3;5-10,12-15H,1-4H3;/q2*-1;/i;1D3;. The molecule has 0 bridgehead atoms. The molecule has 0 saturated carbocycles. The van der Waals surface area contributed by atoms with Gasteiger partial charge in [0.05, 0.1) is 13.7 Å². The molecule has 0 aliphatic heterocycles. The van der Waals surface area contributed by atoms with Crippen molar-refractivity contribution < 1.29 is 28.6 Å². The molecule has 9 rings (SSSR count). The van der Waals surface area contributed by atoms with E-state index in [4.69, 9.17) is 8.53 Å². The van der Waals surface area contributed by atoms with Gasteiger partial charge in [-0.3, -0.25) is 0 Å². The molecule has 0 N–H and O–H groups in total. The third-order valence-corrected chi connectivity index (χ3v) is 12.2. The molecule has 3 aromatic heterocycles. The molecule has 0 amide bonds. The SMILES string of the molecule is C[Si](C)(C)c1ccnc(-c2[c-]ccc3c2oc2cc4c(ccc5ccccc54)cc23)c1.[2H]C([2H])([2H])c1c[c-]c(-c2ccc(C(C)(C)C)cn2)cc1-c1ccccc1.[Ir]. The minimum atomic E-state index is -2.19. The molecule has 0 saturated heterocycles. The molecule has 275 valence electrons. The van der Waals surface area contributed by atoms with Crippen molar-refractivity contribution in [1.29, 1.82) is 0 Å². The van der Waals surface area contributed by atoms with Gasteiger partial charge in [-0.15, -0.1) is 47.5 Å². The molecule has 0 fully saturated rings. The summed E-state index contributed by atoms with van der Waals surface area (Å²) in [6.07, 6.45) is 3.79. The molecule has 9 aromatic rings. The van der Waals surface area contributed by atoms with Crippen LogP contribution in [0.15, 0.2) is 144 Å². The van der Waals surface area contributed by atoms with Crippen molar-refractivity contribution in [2.75, 3.05) is 0 Å². The molecule has 5 heteroatoms. The van der Waals surface area contributed by atoms with E-state index in [1.807, 2.05) is 60.9 Å². The number of rotatable bonds is 4. The fourth-order valence-electron chi connectivity index (χ4n) is 6.96. The molecule has 0 unspecified atom stereocenters. The zero-order valence-electron chi connectivity index (χ0n) is 34.9. The fourth-order valence-corrected chi connectivity index (χ4v) is 8.10. The van der Waals surface area contributed by atoms with Gasteiger partial charge in [-0.2, -0.15) is 0 Å². The molecule has 3 nitrogen and oxygen atoms in total. The summed E-state index contributed by atoms with van der Waals surface area (Å²) in [4.78, 5) is 9.24. The zero-order valence-corrected chi connectivity index (χ0v) is 35.3. The van der Waals surface area contributed by atoms with Crippen LogP contribution in [0.5, 0.6) is 0 Å². The minimum Gasteiger partial charge on any atom is -0.501 e. The van der Waals surface area contributed by atoms with Gasteiger partial charge >= 0.3 is 0 Å². The van der Waals surface area contributed by atoms with Crippen molar-refractivity contribution in [2.45, 2.75) is 52.7 Å². The predicted molar refractivity (Wildman–Crippen MR) is 231 cm³/mol. The maximum Gasteiger partial charge on any atom is 0.121 e. The number of aromatic nitrogens is 2. The van der Waals surface area contributed by atoms with Crippen molar-refractivity contribution >= 4 is 56.7 Å². The average Bonchev–Trinajstić information content (AvgIpc) is 3.57. The third-order valence-electron chi connectivity index (χ3n) is 10.1. The van der Waals surface area contributed by atoms with Gasteiger partial charge in [0.2, 0.25) is 0 Å². The Morgan fingerprint density at radius 1 is 0.691 bits per heavy atom. The second-order valence-electron chi connectivity index (χ2n) is 16.0. The molecule has 3 heterocycles. The Morgan fingerprint density at radius 2 is 1.47 bits per heavy atom. The molecule has 55 heavy (non-hydrogen) atoms. The second kappa shape index (κ2) is 15.1. The fraction of sp³-hybridized carbons (Fsp3) is 0.160. The van der Waals surface area contributed by atoms with Crippen LogP contribution in [0.1, 0.15) is 36.0 Å². The molecular formula is C50H44IrN2OSi-2. The van der Waals surface area contributed by atoms with Crippen LogP contribution in [0.2, 0.25) is 19.6 Å². The van der Waals surface area contributed by atoms with Gasteiger partial charge in [-0.1, -0.05) is 154 Å². The van der Waals surface area contributed by atoms with E-state index in [0.29, 0.717) is 11.1 Å². The molecule has 0 atom stereocenters. The average molecular weight is 912 g/mol. The number of hydrogen-bond donors (Lipinski definition) is 0. The molecule has 6 aromatic carbocycles.